The predicted molar refractivity (Wildman–Crippen MR) is 57.7 cm³/mol. The molecule has 0 amide bonds. The lowest BCUT2D eigenvalue weighted by Gasteiger charge is -1.87. The molecule has 0 aliphatic heterocycles. The second kappa shape index (κ2) is 11.2. The Labute approximate surface area is 81.5 Å². The number of carbonyl (C=O) groups excluding carboxylic acids is 1. The molecule has 0 saturated carbocycles. The van der Waals surface area contributed by atoms with Gasteiger partial charge >= 0.3 is 0 Å². The summed E-state index contributed by atoms with van der Waals surface area (Å²) in [6.45, 7) is 2.20. The van der Waals surface area contributed by atoms with Gasteiger partial charge in [0.15, 0.2) is 0 Å². The summed E-state index contributed by atoms with van der Waals surface area (Å²) >= 11 is 0. The Morgan fingerprint density at radius 1 is 0.923 bits per heavy atom. The van der Waals surface area contributed by atoms with Gasteiger partial charge < -0.3 is 4.79 Å². The molecular weight excluding hydrogens is 160 g/mol. The van der Waals surface area contributed by atoms with Gasteiger partial charge in [-0.15, -0.1) is 0 Å². The Bertz CT molecular complexity index is 157. The topological polar surface area (TPSA) is 17.1 Å². The molecule has 0 radical (unpaired) electrons. The second-order valence-corrected chi connectivity index (χ2v) is 3.10. The second-order valence-electron chi connectivity index (χ2n) is 3.10. The summed E-state index contributed by atoms with van der Waals surface area (Å²) < 4.78 is 0. The number of allylic oxidation sites excluding steroid dienone is 4. The average Bonchev–Trinajstić information content (AvgIpc) is 2.16. The van der Waals surface area contributed by atoms with Gasteiger partial charge in [-0.25, -0.2) is 0 Å². The number of hydrogen-bond donors (Lipinski definition) is 0. The molecule has 0 rings (SSSR count). The minimum Gasteiger partial charge on any atom is -0.303 e. The van der Waals surface area contributed by atoms with Gasteiger partial charge in [0.25, 0.3) is 0 Å². The van der Waals surface area contributed by atoms with E-state index >= 15 is 0 Å². The van der Waals surface area contributed by atoms with Crippen LogP contribution in [0.15, 0.2) is 24.3 Å². The maximum absolute atomic E-state index is 9.97. The van der Waals surface area contributed by atoms with Crippen LogP contribution in [0, 0.1) is 0 Å². The summed E-state index contributed by atoms with van der Waals surface area (Å²) in [5.74, 6) is 0. The van der Waals surface area contributed by atoms with Gasteiger partial charge in [-0.2, -0.15) is 0 Å². The first-order valence-corrected chi connectivity index (χ1v) is 5.17. The highest BCUT2D eigenvalue weighted by Gasteiger charge is 1.80. The van der Waals surface area contributed by atoms with Gasteiger partial charge in [0, 0.05) is 6.42 Å². The quantitative estimate of drug-likeness (QED) is 0.316. The van der Waals surface area contributed by atoms with E-state index in [1.54, 1.807) is 0 Å². The zero-order valence-electron chi connectivity index (χ0n) is 8.54. The number of hydrogen-bond acceptors (Lipinski definition) is 1. The van der Waals surface area contributed by atoms with Gasteiger partial charge in [-0.05, 0) is 19.3 Å². The lowest BCUT2D eigenvalue weighted by molar-refractivity contribution is -0.107. The van der Waals surface area contributed by atoms with Gasteiger partial charge in [-0.3, -0.25) is 0 Å². The molecule has 0 aromatic rings. The minimum atomic E-state index is 0.684. The van der Waals surface area contributed by atoms with Crippen LogP contribution in [0.5, 0.6) is 0 Å². The Balaban J connectivity index is 3.19. The van der Waals surface area contributed by atoms with Gasteiger partial charge in [0.05, 0.1) is 0 Å². The van der Waals surface area contributed by atoms with Crippen LogP contribution in [0.1, 0.15) is 45.4 Å². The first kappa shape index (κ1) is 12.2. The lowest BCUT2D eigenvalue weighted by atomic mass is 10.2. The number of aldehydes is 1. The van der Waals surface area contributed by atoms with Crippen molar-refractivity contribution >= 4 is 6.29 Å². The molecule has 0 aliphatic rings. The van der Waals surface area contributed by atoms with Crippen molar-refractivity contribution in [1.82, 2.24) is 0 Å². The third-order valence-electron chi connectivity index (χ3n) is 1.80. The molecule has 0 aromatic heterocycles. The van der Waals surface area contributed by atoms with E-state index in [1.807, 2.05) is 0 Å². The van der Waals surface area contributed by atoms with Crippen LogP contribution in [-0.4, -0.2) is 6.29 Å². The van der Waals surface area contributed by atoms with E-state index in [0.717, 1.165) is 19.1 Å². The maximum atomic E-state index is 9.97. The highest BCUT2D eigenvalue weighted by molar-refractivity contribution is 5.49. The van der Waals surface area contributed by atoms with Crippen LogP contribution in [0.3, 0.4) is 0 Å². The SMILES string of the molecule is CCCC/C=C/C=C\CCCC=O. The zero-order valence-corrected chi connectivity index (χ0v) is 8.54. The van der Waals surface area contributed by atoms with Crippen molar-refractivity contribution in [3.63, 3.8) is 0 Å². The van der Waals surface area contributed by atoms with Crippen molar-refractivity contribution in [2.24, 2.45) is 0 Å². The highest BCUT2D eigenvalue weighted by Crippen LogP contribution is 1.97. The third-order valence-corrected chi connectivity index (χ3v) is 1.80. The third kappa shape index (κ3) is 11.1. The minimum absolute atomic E-state index is 0.684. The molecule has 0 aromatic carbocycles. The van der Waals surface area contributed by atoms with Crippen molar-refractivity contribution in [3.8, 4) is 0 Å². The molecule has 0 aliphatic carbocycles. The predicted octanol–water partition coefficient (Wildman–Crippen LogP) is 3.66. The van der Waals surface area contributed by atoms with E-state index < -0.39 is 0 Å². The Morgan fingerprint density at radius 3 is 2.08 bits per heavy atom. The van der Waals surface area contributed by atoms with Crippen LogP contribution in [-0.2, 0) is 4.79 Å². The Morgan fingerprint density at radius 2 is 1.54 bits per heavy atom. The average molecular weight is 180 g/mol. The van der Waals surface area contributed by atoms with E-state index in [2.05, 4.69) is 31.2 Å². The summed E-state index contributed by atoms with van der Waals surface area (Å²) in [6.07, 6.45) is 15.8. The lowest BCUT2D eigenvalue weighted by Crippen LogP contribution is -1.72. The smallest absolute Gasteiger partial charge is 0.120 e. The van der Waals surface area contributed by atoms with Crippen molar-refractivity contribution in [3.05, 3.63) is 24.3 Å². The molecule has 0 heterocycles. The van der Waals surface area contributed by atoms with Gasteiger partial charge in [0.1, 0.15) is 6.29 Å². The monoisotopic (exact) mass is 180 g/mol. The highest BCUT2D eigenvalue weighted by atomic mass is 16.1. The number of carbonyl (C=O) groups is 1. The summed E-state index contributed by atoms with van der Waals surface area (Å²) in [5, 5.41) is 0. The van der Waals surface area contributed by atoms with Crippen LogP contribution < -0.4 is 0 Å². The summed E-state index contributed by atoms with van der Waals surface area (Å²) in [6, 6.07) is 0. The van der Waals surface area contributed by atoms with Crippen LogP contribution >= 0.6 is 0 Å². The van der Waals surface area contributed by atoms with Crippen LogP contribution in [0.4, 0.5) is 0 Å². The molecule has 0 N–H and O–H groups in total. The maximum Gasteiger partial charge on any atom is 0.120 e. The molecular formula is C12H20O. The molecule has 74 valence electrons. The molecule has 0 atom stereocenters. The van der Waals surface area contributed by atoms with E-state index in [4.69, 9.17) is 0 Å². The van der Waals surface area contributed by atoms with Crippen LogP contribution in [0.2, 0.25) is 0 Å². The molecule has 0 saturated heterocycles. The Hall–Kier alpha value is -0.850. The fourth-order valence-electron chi connectivity index (χ4n) is 0.991. The first-order valence-electron chi connectivity index (χ1n) is 5.17. The van der Waals surface area contributed by atoms with Gasteiger partial charge in [-0.1, -0.05) is 44.1 Å². The van der Waals surface area contributed by atoms with E-state index in [1.165, 1.54) is 19.3 Å². The van der Waals surface area contributed by atoms with Crippen molar-refractivity contribution < 1.29 is 4.79 Å². The van der Waals surface area contributed by atoms with Crippen molar-refractivity contribution in [1.29, 1.82) is 0 Å². The first-order chi connectivity index (χ1) is 6.41. The van der Waals surface area contributed by atoms with Crippen LogP contribution in [0.25, 0.3) is 0 Å². The van der Waals surface area contributed by atoms with E-state index in [0.29, 0.717) is 6.42 Å². The largest absolute Gasteiger partial charge is 0.303 e. The number of rotatable bonds is 8. The molecule has 0 fully saturated rings. The summed E-state index contributed by atoms with van der Waals surface area (Å²) in [7, 11) is 0. The van der Waals surface area contributed by atoms with E-state index in [9.17, 15) is 4.79 Å². The normalized spacial score (nSPS) is 11.5. The molecule has 1 nitrogen and oxygen atoms in total. The molecule has 0 unspecified atom stereocenters. The summed E-state index contributed by atoms with van der Waals surface area (Å²) in [5.41, 5.74) is 0. The Kier molecular flexibility index (Phi) is 10.4. The molecule has 0 bridgehead atoms. The fraction of sp³-hybridized carbons (Fsp3) is 0.583. The standard InChI is InChI=1S/C12H20O/c1-2-3-4-5-6-7-8-9-10-11-12-13/h5-8,12H,2-4,9-11H2,1H3/b6-5+,8-7-. The molecule has 13 heavy (non-hydrogen) atoms. The van der Waals surface area contributed by atoms with Crippen molar-refractivity contribution in [2.75, 3.05) is 0 Å². The van der Waals surface area contributed by atoms with Crippen molar-refractivity contribution in [2.45, 2.75) is 45.4 Å². The molecule has 0 spiro atoms. The summed E-state index contributed by atoms with van der Waals surface area (Å²) in [4.78, 5) is 9.97. The molecule has 1 heteroatoms. The van der Waals surface area contributed by atoms with Gasteiger partial charge in [0.2, 0.25) is 0 Å². The fourth-order valence-corrected chi connectivity index (χ4v) is 0.991. The number of unbranched alkanes of at least 4 members (excludes halogenated alkanes) is 4. The zero-order chi connectivity index (χ0) is 9.78. The van der Waals surface area contributed by atoms with E-state index in [-0.39, 0.29) is 0 Å².